The predicted octanol–water partition coefficient (Wildman–Crippen LogP) is 3.84. The van der Waals surface area contributed by atoms with Crippen molar-refractivity contribution in [3.8, 4) is 5.75 Å². The summed E-state index contributed by atoms with van der Waals surface area (Å²) in [5.74, 6) is 1.37. The van der Waals surface area contributed by atoms with E-state index in [1.807, 2.05) is 49.4 Å². The van der Waals surface area contributed by atoms with Gasteiger partial charge >= 0.3 is 0 Å². The van der Waals surface area contributed by atoms with Crippen molar-refractivity contribution in [3.05, 3.63) is 59.1 Å². The first kappa shape index (κ1) is 24.0. The summed E-state index contributed by atoms with van der Waals surface area (Å²) < 4.78 is 5.61. The van der Waals surface area contributed by atoms with Crippen LogP contribution in [0.15, 0.2) is 53.5 Å². The Morgan fingerprint density at radius 2 is 1.79 bits per heavy atom. The number of benzene rings is 2. The van der Waals surface area contributed by atoms with Crippen molar-refractivity contribution in [2.24, 2.45) is 4.99 Å². The number of para-hydroxylation sites is 1. The molecule has 3 N–H and O–H groups in total. The maximum Gasteiger partial charge on any atom is 0.226 e. The average Bonchev–Trinajstić information content (AvgIpc) is 2.68. The molecule has 0 heterocycles. The molecule has 0 saturated heterocycles. The zero-order valence-electron chi connectivity index (χ0n) is 16.0. The number of halogens is 2. The van der Waals surface area contributed by atoms with Gasteiger partial charge in [-0.15, -0.1) is 24.0 Å². The number of anilines is 1. The Morgan fingerprint density at radius 1 is 1.07 bits per heavy atom. The van der Waals surface area contributed by atoms with Gasteiger partial charge in [0.05, 0.1) is 6.54 Å². The summed E-state index contributed by atoms with van der Waals surface area (Å²) in [4.78, 5) is 16.2. The average molecular weight is 517 g/mol. The minimum absolute atomic E-state index is 0. The van der Waals surface area contributed by atoms with Crippen LogP contribution in [-0.2, 0) is 4.79 Å². The van der Waals surface area contributed by atoms with Crippen molar-refractivity contribution in [2.45, 2.75) is 13.3 Å². The van der Waals surface area contributed by atoms with Gasteiger partial charge in [0.25, 0.3) is 0 Å². The van der Waals surface area contributed by atoms with E-state index in [4.69, 9.17) is 16.3 Å². The fourth-order valence-electron chi connectivity index (χ4n) is 2.33. The van der Waals surface area contributed by atoms with Crippen LogP contribution in [0, 0.1) is 6.92 Å². The van der Waals surface area contributed by atoms with Gasteiger partial charge in [0, 0.05) is 30.7 Å². The third-order valence-electron chi connectivity index (χ3n) is 3.82. The SMILES string of the molecule is CN=C(NCCOc1ccccc1)NCCC(=O)Nc1cccc(Cl)c1C.I. The maximum absolute atomic E-state index is 12.1. The summed E-state index contributed by atoms with van der Waals surface area (Å²) >= 11 is 6.06. The Morgan fingerprint density at radius 3 is 2.50 bits per heavy atom. The molecule has 2 aromatic carbocycles. The van der Waals surface area contributed by atoms with E-state index in [0.29, 0.717) is 37.1 Å². The van der Waals surface area contributed by atoms with Crippen molar-refractivity contribution < 1.29 is 9.53 Å². The van der Waals surface area contributed by atoms with Gasteiger partial charge in [0.2, 0.25) is 5.91 Å². The molecule has 28 heavy (non-hydrogen) atoms. The van der Waals surface area contributed by atoms with E-state index in [0.717, 1.165) is 17.0 Å². The van der Waals surface area contributed by atoms with E-state index in [-0.39, 0.29) is 29.9 Å². The number of carbonyl (C=O) groups is 1. The van der Waals surface area contributed by atoms with E-state index in [2.05, 4.69) is 20.9 Å². The van der Waals surface area contributed by atoms with Crippen molar-refractivity contribution >= 4 is 53.1 Å². The zero-order valence-corrected chi connectivity index (χ0v) is 19.1. The molecule has 0 aliphatic rings. The number of aliphatic imine (C=N–C) groups is 1. The first-order chi connectivity index (χ1) is 13.1. The number of guanidine groups is 1. The minimum Gasteiger partial charge on any atom is -0.492 e. The van der Waals surface area contributed by atoms with Gasteiger partial charge < -0.3 is 20.7 Å². The third-order valence-corrected chi connectivity index (χ3v) is 4.23. The van der Waals surface area contributed by atoms with Gasteiger partial charge in [-0.25, -0.2) is 0 Å². The summed E-state index contributed by atoms with van der Waals surface area (Å²) in [7, 11) is 1.68. The monoisotopic (exact) mass is 516 g/mol. The highest BCUT2D eigenvalue weighted by atomic mass is 127. The second-order valence-electron chi connectivity index (χ2n) is 5.80. The molecule has 0 spiro atoms. The molecule has 1 amide bonds. The first-order valence-electron chi connectivity index (χ1n) is 8.77. The van der Waals surface area contributed by atoms with Crippen LogP contribution in [0.1, 0.15) is 12.0 Å². The third kappa shape index (κ3) is 8.35. The molecule has 0 fully saturated rings. The molecule has 0 aliphatic carbocycles. The highest BCUT2D eigenvalue weighted by molar-refractivity contribution is 14.0. The summed E-state index contributed by atoms with van der Waals surface area (Å²) in [5, 5.41) is 9.75. The van der Waals surface area contributed by atoms with Crippen molar-refractivity contribution in [3.63, 3.8) is 0 Å². The largest absolute Gasteiger partial charge is 0.492 e. The van der Waals surface area contributed by atoms with Crippen LogP contribution < -0.4 is 20.7 Å². The predicted molar refractivity (Wildman–Crippen MR) is 126 cm³/mol. The summed E-state index contributed by atoms with van der Waals surface area (Å²) in [6, 6.07) is 15.1. The summed E-state index contributed by atoms with van der Waals surface area (Å²) in [6.07, 6.45) is 0.313. The van der Waals surface area contributed by atoms with Gasteiger partial charge in [0.15, 0.2) is 5.96 Å². The molecule has 6 nitrogen and oxygen atoms in total. The van der Waals surface area contributed by atoms with E-state index >= 15 is 0 Å². The lowest BCUT2D eigenvalue weighted by atomic mass is 10.2. The van der Waals surface area contributed by atoms with Gasteiger partial charge in [-0.3, -0.25) is 9.79 Å². The molecule has 2 rings (SSSR count). The Labute approximate surface area is 188 Å². The van der Waals surface area contributed by atoms with Crippen molar-refractivity contribution in [2.75, 3.05) is 32.1 Å². The van der Waals surface area contributed by atoms with E-state index in [9.17, 15) is 4.79 Å². The van der Waals surface area contributed by atoms with E-state index in [1.165, 1.54) is 0 Å². The van der Waals surface area contributed by atoms with Crippen LogP contribution in [0.2, 0.25) is 5.02 Å². The molecule has 2 aromatic rings. The molecule has 0 atom stereocenters. The molecular formula is C20H26ClIN4O2. The lowest BCUT2D eigenvalue weighted by Gasteiger charge is -2.13. The van der Waals surface area contributed by atoms with Gasteiger partial charge in [-0.1, -0.05) is 35.9 Å². The Balaban J connectivity index is 0.00000392. The molecular weight excluding hydrogens is 491 g/mol. The number of nitrogens with one attached hydrogen (secondary N) is 3. The second kappa shape index (κ2) is 13.2. The normalized spacial score (nSPS) is 10.6. The highest BCUT2D eigenvalue weighted by Gasteiger charge is 2.07. The number of amides is 1. The molecule has 0 unspecified atom stereocenters. The van der Waals surface area contributed by atoms with Gasteiger partial charge in [-0.05, 0) is 36.8 Å². The molecule has 0 aromatic heterocycles. The fourth-order valence-corrected chi connectivity index (χ4v) is 2.50. The van der Waals surface area contributed by atoms with Crippen LogP contribution in [0.5, 0.6) is 5.75 Å². The van der Waals surface area contributed by atoms with E-state index in [1.54, 1.807) is 13.1 Å². The summed E-state index contributed by atoms with van der Waals surface area (Å²) in [5.41, 5.74) is 1.59. The van der Waals surface area contributed by atoms with E-state index < -0.39 is 0 Å². The number of carbonyl (C=O) groups excluding carboxylic acids is 1. The van der Waals surface area contributed by atoms with Gasteiger partial charge in [-0.2, -0.15) is 0 Å². The Bertz CT molecular complexity index is 772. The van der Waals surface area contributed by atoms with Crippen LogP contribution in [0.3, 0.4) is 0 Å². The molecule has 0 bridgehead atoms. The standard InChI is InChI=1S/C20H25ClN4O2.HI/c1-15-17(21)9-6-10-18(15)25-19(26)11-12-23-20(22-2)24-13-14-27-16-7-4-3-5-8-16;/h3-10H,11-14H2,1-2H3,(H,25,26)(H2,22,23,24);1H. The number of hydrogen-bond donors (Lipinski definition) is 3. The molecule has 152 valence electrons. The number of hydrogen-bond acceptors (Lipinski definition) is 3. The number of rotatable bonds is 8. The van der Waals surface area contributed by atoms with Crippen molar-refractivity contribution in [1.82, 2.24) is 10.6 Å². The van der Waals surface area contributed by atoms with Crippen LogP contribution in [0.4, 0.5) is 5.69 Å². The molecule has 0 aliphatic heterocycles. The first-order valence-corrected chi connectivity index (χ1v) is 9.15. The minimum atomic E-state index is -0.0873. The molecule has 0 saturated carbocycles. The Hall–Kier alpha value is -2.00. The maximum atomic E-state index is 12.1. The summed E-state index contributed by atoms with van der Waals surface area (Å²) in [6.45, 7) is 3.45. The smallest absolute Gasteiger partial charge is 0.226 e. The Kier molecular flexibility index (Phi) is 11.4. The fraction of sp³-hybridized carbons (Fsp3) is 0.300. The number of ether oxygens (including phenoxy) is 1. The number of nitrogens with zero attached hydrogens (tertiary/aromatic N) is 1. The second-order valence-corrected chi connectivity index (χ2v) is 6.21. The lowest BCUT2D eigenvalue weighted by molar-refractivity contribution is -0.116. The van der Waals surface area contributed by atoms with Gasteiger partial charge in [0.1, 0.15) is 12.4 Å². The molecule has 0 radical (unpaired) electrons. The van der Waals surface area contributed by atoms with Crippen LogP contribution in [0.25, 0.3) is 0 Å². The lowest BCUT2D eigenvalue weighted by Crippen LogP contribution is -2.40. The zero-order chi connectivity index (χ0) is 19.5. The van der Waals surface area contributed by atoms with Crippen molar-refractivity contribution in [1.29, 1.82) is 0 Å². The molecule has 8 heteroatoms. The van der Waals surface area contributed by atoms with Crippen LogP contribution in [-0.4, -0.2) is 38.6 Å². The highest BCUT2D eigenvalue weighted by Crippen LogP contribution is 2.22. The van der Waals surface area contributed by atoms with Crippen LogP contribution >= 0.6 is 35.6 Å². The quantitative estimate of drug-likeness (QED) is 0.216. The topological polar surface area (TPSA) is 74.8 Å².